The number of nitrogens with zero attached hydrogens (tertiary/aromatic N) is 2. The first-order valence-corrected chi connectivity index (χ1v) is 10.3. The normalized spacial score (nSPS) is 11.1. The van der Waals surface area contributed by atoms with Gasteiger partial charge in [-0.25, -0.2) is 0 Å². The van der Waals surface area contributed by atoms with Crippen molar-refractivity contribution in [2.75, 3.05) is 40.4 Å². The average molecular weight is 501 g/mol. The molecule has 0 radical (unpaired) electrons. The molecule has 1 aromatic carbocycles. The van der Waals surface area contributed by atoms with E-state index in [9.17, 15) is 34.2 Å². The van der Waals surface area contributed by atoms with E-state index in [-0.39, 0.29) is 30.8 Å². The molecule has 2 amide bonds. The predicted octanol–water partition coefficient (Wildman–Crippen LogP) is -1.10. The number of nitro groups is 1. The van der Waals surface area contributed by atoms with E-state index in [1.807, 2.05) is 0 Å². The number of ether oxygens (including phenoxy) is 1. The van der Waals surface area contributed by atoms with Crippen molar-refractivity contribution < 1.29 is 33.9 Å². The number of carbonyl (C=O) groups excluding carboxylic acids is 4. The minimum atomic E-state index is -1.15. The SMILES string of the molecule is CCOc1ccc([N+](=O)[O-])cc1C=O.CN.CN[C@@H](CCN=O)C(=O)N[C@@H](CO)C(=O)NCC=O. The van der Waals surface area contributed by atoms with Gasteiger partial charge in [-0.15, -0.1) is 0 Å². The van der Waals surface area contributed by atoms with Crippen molar-refractivity contribution in [1.82, 2.24) is 16.0 Å². The molecular formula is C20H32N6O9. The lowest BCUT2D eigenvalue weighted by molar-refractivity contribution is -0.384. The molecule has 15 heteroatoms. The third kappa shape index (κ3) is 13.5. The number of hydrogen-bond donors (Lipinski definition) is 5. The number of aliphatic hydroxyl groups excluding tert-OH is 1. The lowest BCUT2D eigenvalue weighted by Crippen LogP contribution is -2.54. The number of nitrogens with one attached hydrogen (secondary N) is 3. The Labute approximate surface area is 201 Å². The van der Waals surface area contributed by atoms with Crippen LogP contribution in [0.3, 0.4) is 0 Å². The van der Waals surface area contributed by atoms with Gasteiger partial charge in [-0.1, -0.05) is 5.18 Å². The van der Waals surface area contributed by atoms with E-state index >= 15 is 0 Å². The summed E-state index contributed by atoms with van der Waals surface area (Å²) in [5, 5.41) is 29.3. The molecule has 35 heavy (non-hydrogen) atoms. The maximum absolute atomic E-state index is 11.7. The van der Waals surface area contributed by atoms with Gasteiger partial charge in [0.15, 0.2) is 6.29 Å². The Morgan fingerprint density at radius 1 is 1.26 bits per heavy atom. The molecule has 6 N–H and O–H groups in total. The molecule has 0 aromatic heterocycles. The van der Waals surface area contributed by atoms with Crippen molar-refractivity contribution in [3.8, 4) is 5.75 Å². The Bertz CT molecular complexity index is 822. The molecule has 0 unspecified atom stereocenters. The number of aldehydes is 2. The highest BCUT2D eigenvalue weighted by atomic mass is 16.6. The van der Waals surface area contributed by atoms with Crippen LogP contribution < -0.4 is 26.4 Å². The zero-order valence-corrected chi connectivity index (χ0v) is 19.8. The number of aliphatic hydroxyl groups is 1. The summed E-state index contributed by atoms with van der Waals surface area (Å²) in [5.41, 5.74) is 4.58. The van der Waals surface area contributed by atoms with Gasteiger partial charge >= 0.3 is 0 Å². The Balaban J connectivity index is 0. The van der Waals surface area contributed by atoms with Crippen LogP contribution in [-0.2, 0) is 14.4 Å². The van der Waals surface area contributed by atoms with Crippen LogP contribution in [0.1, 0.15) is 23.7 Å². The highest BCUT2D eigenvalue weighted by Gasteiger charge is 2.23. The van der Waals surface area contributed by atoms with Crippen molar-refractivity contribution in [3.63, 3.8) is 0 Å². The number of hydrogen-bond acceptors (Lipinski definition) is 12. The molecule has 0 bridgehead atoms. The van der Waals surface area contributed by atoms with Gasteiger partial charge in [-0.05, 0) is 33.5 Å². The summed E-state index contributed by atoms with van der Waals surface area (Å²) in [4.78, 5) is 63.7. The van der Waals surface area contributed by atoms with Gasteiger partial charge in [-0.3, -0.25) is 24.5 Å². The summed E-state index contributed by atoms with van der Waals surface area (Å²) in [6.07, 6.45) is 1.21. The van der Waals surface area contributed by atoms with Crippen molar-refractivity contribution in [2.45, 2.75) is 25.4 Å². The quantitative estimate of drug-likeness (QED) is 0.0890. The molecular weight excluding hydrogens is 468 g/mol. The Hall–Kier alpha value is -3.82. The van der Waals surface area contributed by atoms with Crippen LogP contribution >= 0.6 is 0 Å². The fourth-order valence-electron chi connectivity index (χ4n) is 2.35. The lowest BCUT2D eigenvalue weighted by atomic mass is 10.1. The number of nitroso groups, excluding NO2 is 1. The molecule has 15 nitrogen and oxygen atoms in total. The molecule has 0 aliphatic carbocycles. The van der Waals surface area contributed by atoms with Crippen LogP contribution in [0.15, 0.2) is 23.4 Å². The number of nitrogens with two attached hydrogens (primary N) is 1. The van der Waals surface area contributed by atoms with E-state index in [0.29, 0.717) is 24.9 Å². The molecule has 2 atom stereocenters. The molecule has 0 heterocycles. The largest absolute Gasteiger partial charge is 0.493 e. The Kier molecular flexibility index (Phi) is 19.8. The average Bonchev–Trinajstić information content (AvgIpc) is 2.88. The molecule has 196 valence electrons. The summed E-state index contributed by atoms with van der Waals surface area (Å²) < 4.78 is 5.11. The first-order chi connectivity index (χ1) is 16.8. The maximum Gasteiger partial charge on any atom is 0.270 e. The van der Waals surface area contributed by atoms with Crippen LogP contribution in [0.4, 0.5) is 5.69 Å². The fourth-order valence-corrected chi connectivity index (χ4v) is 2.35. The van der Waals surface area contributed by atoms with E-state index in [1.54, 1.807) is 6.92 Å². The lowest BCUT2D eigenvalue weighted by Gasteiger charge is -2.19. The second-order valence-corrected chi connectivity index (χ2v) is 6.17. The minimum Gasteiger partial charge on any atom is -0.493 e. The van der Waals surface area contributed by atoms with E-state index in [0.717, 1.165) is 0 Å². The van der Waals surface area contributed by atoms with E-state index in [4.69, 9.17) is 9.84 Å². The summed E-state index contributed by atoms with van der Waals surface area (Å²) in [6, 6.07) is 2.08. The summed E-state index contributed by atoms with van der Waals surface area (Å²) in [5.74, 6) is -0.828. The second-order valence-electron chi connectivity index (χ2n) is 6.17. The number of rotatable bonds is 14. The zero-order valence-electron chi connectivity index (χ0n) is 19.8. The van der Waals surface area contributed by atoms with E-state index in [2.05, 4.69) is 26.9 Å². The number of amides is 2. The zero-order chi connectivity index (χ0) is 27.2. The third-order valence-electron chi connectivity index (χ3n) is 3.98. The smallest absolute Gasteiger partial charge is 0.270 e. The third-order valence-corrected chi connectivity index (χ3v) is 3.98. The highest BCUT2D eigenvalue weighted by Crippen LogP contribution is 2.22. The van der Waals surface area contributed by atoms with Crippen molar-refractivity contribution in [3.05, 3.63) is 38.8 Å². The summed E-state index contributed by atoms with van der Waals surface area (Å²) >= 11 is 0. The Morgan fingerprint density at radius 2 is 1.91 bits per heavy atom. The predicted molar refractivity (Wildman–Crippen MR) is 126 cm³/mol. The van der Waals surface area contributed by atoms with Gasteiger partial charge in [0, 0.05) is 12.1 Å². The maximum atomic E-state index is 11.7. The molecule has 1 rings (SSSR count). The Morgan fingerprint density at radius 3 is 2.37 bits per heavy atom. The highest BCUT2D eigenvalue weighted by molar-refractivity contribution is 5.90. The van der Waals surface area contributed by atoms with Crippen LogP contribution in [0, 0.1) is 15.0 Å². The number of carbonyl (C=O) groups is 4. The molecule has 0 aliphatic rings. The molecule has 0 fully saturated rings. The van der Waals surface area contributed by atoms with Gasteiger partial charge in [0.05, 0.1) is 42.8 Å². The summed E-state index contributed by atoms with van der Waals surface area (Å²) in [6.45, 7) is 1.35. The topological polar surface area (TPSA) is 232 Å². The van der Waals surface area contributed by atoms with Gasteiger partial charge < -0.3 is 36.3 Å². The second kappa shape index (κ2) is 20.8. The van der Waals surface area contributed by atoms with Gasteiger partial charge in [0.25, 0.3) is 5.69 Å². The first kappa shape index (κ1) is 33.4. The molecule has 0 saturated heterocycles. The van der Waals surface area contributed by atoms with Crippen molar-refractivity contribution in [2.24, 2.45) is 10.9 Å². The minimum absolute atomic E-state index is 0.0416. The first-order valence-electron chi connectivity index (χ1n) is 10.3. The molecule has 0 saturated carbocycles. The number of non-ortho nitro benzene ring substituents is 1. The number of benzene rings is 1. The van der Waals surface area contributed by atoms with Crippen LogP contribution in [0.5, 0.6) is 5.75 Å². The molecule has 1 aromatic rings. The summed E-state index contributed by atoms with van der Waals surface area (Å²) in [7, 11) is 3.02. The van der Waals surface area contributed by atoms with Crippen LogP contribution in [0.25, 0.3) is 0 Å². The molecule has 0 spiro atoms. The van der Waals surface area contributed by atoms with Gasteiger partial charge in [0.2, 0.25) is 11.8 Å². The van der Waals surface area contributed by atoms with Gasteiger partial charge in [0.1, 0.15) is 18.1 Å². The fraction of sp³-hybridized carbons (Fsp3) is 0.500. The van der Waals surface area contributed by atoms with E-state index in [1.165, 1.54) is 32.3 Å². The molecule has 0 aliphatic heterocycles. The van der Waals surface area contributed by atoms with Crippen molar-refractivity contribution in [1.29, 1.82) is 0 Å². The van der Waals surface area contributed by atoms with Crippen molar-refractivity contribution >= 4 is 30.1 Å². The van der Waals surface area contributed by atoms with Crippen LogP contribution in [0.2, 0.25) is 0 Å². The number of likely N-dealkylation sites (N-methyl/N-ethyl adjacent to an activating group) is 1. The standard InChI is InChI=1S/C10H18N4O5.C9H9NO4.CH5N/c1-11-7(2-3-13-19)10(18)14-8(6-16)9(17)12-4-5-15;1-2-14-9-4-3-8(10(12)13)5-7(9)6-11;1-2/h5,7-8,11,16H,2-4,6H2,1H3,(H,12,17)(H,14,18);3-6H,2H2,1H3;2H2,1H3/t7-,8-;;/m0../s1. The van der Waals surface area contributed by atoms with E-state index < -0.39 is 35.4 Å². The van der Waals surface area contributed by atoms with Gasteiger partial charge in [-0.2, -0.15) is 4.91 Å². The number of nitro benzene ring substituents is 1. The van der Waals surface area contributed by atoms with Crippen LogP contribution in [-0.4, -0.2) is 86.9 Å². The monoisotopic (exact) mass is 500 g/mol.